The van der Waals surface area contributed by atoms with Gasteiger partial charge in [0, 0.05) is 6.54 Å². The molecule has 1 rings (SSSR count). The number of nitrogens with two attached hydrogens (primary N) is 1. The highest BCUT2D eigenvalue weighted by Gasteiger charge is 2.32. The van der Waals surface area contributed by atoms with E-state index in [1.807, 2.05) is 0 Å². The Balaban J connectivity index is 2.17. The summed E-state index contributed by atoms with van der Waals surface area (Å²) in [6.07, 6.45) is 6.70. The van der Waals surface area contributed by atoms with Crippen LogP contribution in [0.2, 0.25) is 0 Å². The van der Waals surface area contributed by atoms with E-state index in [1.54, 1.807) is 0 Å². The monoisotopic (exact) mass is 212 g/mol. The molecule has 88 valence electrons. The highest BCUT2D eigenvalue weighted by atomic mass is 16.2. The second-order valence-corrected chi connectivity index (χ2v) is 5.13. The summed E-state index contributed by atoms with van der Waals surface area (Å²) in [7, 11) is 0. The Hall–Kier alpha value is -0.570. The Labute approximate surface area is 92.8 Å². The molecule has 0 aliphatic heterocycles. The molecule has 3 nitrogen and oxygen atoms in total. The largest absolute Gasteiger partial charge is 0.354 e. The van der Waals surface area contributed by atoms with Crippen molar-refractivity contribution >= 4 is 5.91 Å². The molecular weight excluding hydrogens is 188 g/mol. The van der Waals surface area contributed by atoms with Crippen molar-refractivity contribution in [2.45, 2.75) is 58.4 Å². The molecule has 1 aliphatic carbocycles. The third-order valence-electron chi connectivity index (χ3n) is 3.46. The Morgan fingerprint density at radius 3 is 2.67 bits per heavy atom. The average molecular weight is 212 g/mol. The van der Waals surface area contributed by atoms with Crippen LogP contribution in [0, 0.1) is 5.41 Å². The van der Waals surface area contributed by atoms with Crippen molar-refractivity contribution in [2.75, 3.05) is 6.54 Å². The summed E-state index contributed by atoms with van der Waals surface area (Å²) in [6.45, 7) is 5.14. The molecule has 15 heavy (non-hydrogen) atoms. The first-order valence-corrected chi connectivity index (χ1v) is 6.11. The zero-order valence-electron chi connectivity index (χ0n) is 10.0. The Morgan fingerprint density at radius 1 is 1.53 bits per heavy atom. The summed E-state index contributed by atoms with van der Waals surface area (Å²) < 4.78 is 0. The third kappa shape index (κ3) is 3.82. The van der Waals surface area contributed by atoms with Crippen LogP contribution in [0.4, 0.5) is 0 Å². The van der Waals surface area contributed by atoms with Gasteiger partial charge in [0.05, 0.1) is 6.04 Å². The van der Waals surface area contributed by atoms with Crippen LogP contribution in [0.5, 0.6) is 0 Å². The molecule has 3 heteroatoms. The minimum absolute atomic E-state index is 0.0246. The minimum Gasteiger partial charge on any atom is -0.354 e. The van der Waals surface area contributed by atoms with Crippen LogP contribution in [0.15, 0.2) is 0 Å². The first-order valence-electron chi connectivity index (χ1n) is 6.11. The molecule has 0 radical (unpaired) electrons. The molecule has 0 aromatic carbocycles. The molecule has 1 unspecified atom stereocenters. The predicted octanol–water partition coefficient (Wildman–Crippen LogP) is 1.81. The lowest BCUT2D eigenvalue weighted by Crippen LogP contribution is -2.46. The van der Waals surface area contributed by atoms with Crippen molar-refractivity contribution in [3.63, 3.8) is 0 Å². The Morgan fingerprint density at radius 2 is 2.20 bits per heavy atom. The van der Waals surface area contributed by atoms with Gasteiger partial charge in [0.15, 0.2) is 0 Å². The fourth-order valence-electron chi connectivity index (χ4n) is 1.94. The molecule has 1 aliphatic rings. The topological polar surface area (TPSA) is 55.1 Å². The molecule has 1 atom stereocenters. The minimum atomic E-state index is -0.311. The average Bonchev–Trinajstić information content (AvgIpc) is 2.19. The van der Waals surface area contributed by atoms with Crippen LogP contribution >= 0.6 is 0 Å². The highest BCUT2D eigenvalue weighted by molar-refractivity contribution is 5.81. The first kappa shape index (κ1) is 12.5. The van der Waals surface area contributed by atoms with Gasteiger partial charge in [-0.2, -0.15) is 0 Å². The van der Waals surface area contributed by atoms with E-state index < -0.39 is 0 Å². The van der Waals surface area contributed by atoms with Crippen molar-refractivity contribution < 1.29 is 4.79 Å². The maximum absolute atomic E-state index is 11.6. The van der Waals surface area contributed by atoms with Gasteiger partial charge in [-0.1, -0.05) is 33.1 Å². The van der Waals surface area contributed by atoms with Gasteiger partial charge in [-0.15, -0.1) is 0 Å². The van der Waals surface area contributed by atoms with E-state index in [0.29, 0.717) is 5.41 Å². The lowest BCUT2D eigenvalue weighted by molar-refractivity contribution is -0.123. The molecular formula is C12H24N2O. The number of hydrogen-bond acceptors (Lipinski definition) is 2. The summed E-state index contributed by atoms with van der Waals surface area (Å²) in [6, 6.07) is -0.311. The second kappa shape index (κ2) is 5.50. The Bertz CT molecular complexity index is 212. The summed E-state index contributed by atoms with van der Waals surface area (Å²) in [5.74, 6) is 0.0246. The van der Waals surface area contributed by atoms with Gasteiger partial charge in [0.25, 0.3) is 0 Å². The first-order chi connectivity index (χ1) is 7.07. The summed E-state index contributed by atoms with van der Waals surface area (Å²) >= 11 is 0. The standard InChI is InChI=1S/C12H24N2O/c1-3-4-6-10(13)11(15)14-9-12(2)7-5-8-12/h10H,3-9,13H2,1-2H3,(H,14,15). The number of amides is 1. The van der Waals surface area contributed by atoms with Gasteiger partial charge in [-0.25, -0.2) is 0 Å². The van der Waals surface area contributed by atoms with Crippen molar-refractivity contribution in [2.24, 2.45) is 11.1 Å². The van der Waals surface area contributed by atoms with Crippen molar-refractivity contribution in [3.05, 3.63) is 0 Å². The van der Waals surface area contributed by atoms with Crippen LogP contribution in [-0.2, 0) is 4.79 Å². The lowest BCUT2D eigenvalue weighted by Gasteiger charge is -2.38. The van der Waals surface area contributed by atoms with Gasteiger partial charge in [0.2, 0.25) is 5.91 Å². The number of rotatable bonds is 6. The third-order valence-corrected chi connectivity index (χ3v) is 3.46. The van der Waals surface area contributed by atoms with Gasteiger partial charge < -0.3 is 11.1 Å². The number of nitrogens with one attached hydrogen (secondary N) is 1. The van der Waals surface area contributed by atoms with E-state index >= 15 is 0 Å². The van der Waals surface area contributed by atoms with Crippen molar-refractivity contribution in [3.8, 4) is 0 Å². The SMILES string of the molecule is CCCCC(N)C(=O)NCC1(C)CCC1. The quantitative estimate of drug-likeness (QED) is 0.705. The zero-order chi connectivity index (χ0) is 11.3. The number of carbonyl (C=O) groups excluding carboxylic acids is 1. The molecule has 1 fully saturated rings. The molecule has 0 heterocycles. The van der Waals surface area contributed by atoms with Crippen LogP contribution < -0.4 is 11.1 Å². The molecule has 0 spiro atoms. The molecule has 0 saturated heterocycles. The summed E-state index contributed by atoms with van der Waals surface area (Å²) in [5.41, 5.74) is 6.13. The Kier molecular flexibility index (Phi) is 4.58. The number of hydrogen-bond donors (Lipinski definition) is 2. The predicted molar refractivity (Wildman–Crippen MR) is 62.5 cm³/mol. The smallest absolute Gasteiger partial charge is 0.236 e. The molecule has 1 amide bonds. The van der Waals surface area contributed by atoms with Crippen LogP contribution in [0.1, 0.15) is 52.4 Å². The van der Waals surface area contributed by atoms with Gasteiger partial charge in [-0.05, 0) is 24.7 Å². The zero-order valence-corrected chi connectivity index (χ0v) is 10.0. The second-order valence-electron chi connectivity index (χ2n) is 5.13. The van der Waals surface area contributed by atoms with Crippen molar-refractivity contribution in [1.82, 2.24) is 5.32 Å². The molecule has 0 aromatic rings. The van der Waals surface area contributed by atoms with Gasteiger partial charge in [0.1, 0.15) is 0 Å². The highest BCUT2D eigenvalue weighted by Crippen LogP contribution is 2.39. The van der Waals surface area contributed by atoms with Crippen LogP contribution in [0.25, 0.3) is 0 Å². The molecule has 3 N–H and O–H groups in total. The fourth-order valence-corrected chi connectivity index (χ4v) is 1.94. The van der Waals surface area contributed by atoms with Gasteiger partial charge in [-0.3, -0.25) is 4.79 Å². The van der Waals surface area contributed by atoms with E-state index in [4.69, 9.17) is 5.73 Å². The molecule has 0 aromatic heterocycles. The van der Waals surface area contributed by atoms with E-state index in [0.717, 1.165) is 25.8 Å². The molecule has 1 saturated carbocycles. The lowest BCUT2D eigenvalue weighted by atomic mass is 9.70. The van der Waals surface area contributed by atoms with E-state index in [9.17, 15) is 4.79 Å². The van der Waals surface area contributed by atoms with Crippen molar-refractivity contribution in [1.29, 1.82) is 0 Å². The number of carbonyl (C=O) groups is 1. The fraction of sp³-hybridized carbons (Fsp3) is 0.917. The molecule has 0 bridgehead atoms. The van der Waals surface area contributed by atoms with Gasteiger partial charge >= 0.3 is 0 Å². The number of unbranched alkanes of at least 4 members (excludes halogenated alkanes) is 1. The summed E-state index contributed by atoms with van der Waals surface area (Å²) in [5, 5.41) is 2.97. The van der Waals surface area contributed by atoms with Crippen LogP contribution in [0.3, 0.4) is 0 Å². The van der Waals surface area contributed by atoms with E-state index in [2.05, 4.69) is 19.2 Å². The van der Waals surface area contributed by atoms with E-state index in [1.165, 1.54) is 19.3 Å². The maximum atomic E-state index is 11.6. The normalized spacial score (nSPS) is 20.5. The maximum Gasteiger partial charge on any atom is 0.236 e. The summed E-state index contributed by atoms with van der Waals surface area (Å²) in [4.78, 5) is 11.6. The van der Waals surface area contributed by atoms with Crippen LogP contribution in [-0.4, -0.2) is 18.5 Å². The van der Waals surface area contributed by atoms with E-state index in [-0.39, 0.29) is 11.9 Å².